The summed E-state index contributed by atoms with van der Waals surface area (Å²) in [5, 5.41) is 7.94. The third kappa shape index (κ3) is 3.27. The van der Waals surface area contributed by atoms with Crippen LogP contribution in [0, 0.1) is 25.5 Å². The van der Waals surface area contributed by atoms with E-state index in [9.17, 15) is 4.39 Å². The van der Waals surface area contributed by atoms with Crippen molar-refractivity contribution in [3.63, 3.8) is 0 Å². The van der Waals surface area contributed by atoms with Crippen molar-refractivity contribution in [2.75, 3.05) is 7.11 Å². The molecule has 9 heteroatoms. The van der Waals surface area contributed by atoms with Crippen molar-refractivity contribution in [3.8, 4) is 0 Å². The summed E-state index contributed by atoms with van der Waals surface area (Å²) in [6.45, 7) is 2.54. The molecule has 0 amide bonds. The number of aryl methyl sites for hydroxylation is 1. The maximum atomic E-state index is 15.0. The molecule has 0 saturated carbocycles. The summed E-state index contributed by atoms with van der Waals surface area (Å²) in [4.78, 5) is 7.52. The van der Waals surface area contributed by atoms with Crippen LogP contribution < -0.4 is 0 Å². The molecule has 0 spiro atoms. The van der Waals surface area contributed by atoms with Crippen molar-refractivity contribution in [3.05, 3.63) is 59.6 Å². The first-order chi connectivity index (χ1) is 13.2. The molecular weight excluding hydrogens is 330 g/mol. The lowest BCUT2D eigenvalue weighted by Gasteiger charge is -2.33. The first-order valence-electron chi connectivity index (χ1n) is 8.93. The highest BCUT2D eigenvalue weighted by molar-refractivity contribution is 5.31. The molecule has 0 N–H and O–H groups in total. The molecular formula is C16H18F2N6O. The number of aromatic nitrogens is 6. The summed E-state index contributed by atoms with van der Waals surface area (Å²) >= 11 is 0. The van der Waals surface area contributed by atoms with Gasteiger partial charge in [0.25, 0.3) is 0 Å². The molecule has 132 valence electrons. The number of benzene rings is 1. The van der Waals surface area contributed by atoms with E-state index in [1.165, 1.54) is 24.8 Å². The summed E-state index contributed by atoms with van der Waals surface area (Å²) in [6, 6.07) is 2.37. The third-order valence-corrected chi connectivity index (χ3v) is 3.99. The van der Waals surface area contributed by atoms with Crippen molar-refractivity contribution < 1.29 is 17.6 Å². The Kier molecular flexibility index (Phi) is 3.63. The van der Waals surface area contributed by atoms with Gasteiger partial charge in [-0.25, -0.2) is 28.1 Å². The van der Waals surface area contributed by atoms with Gasteiger partial charge in [-0.15, -0.1) is 0 Å². The van der Waals surface area contributed by atoms with Gasteiger partial charge in [0.2, 0.25) is 0 Å². The van der Waals surface area contributed by atoms with Crippen LogP contribution in [0.4, 0.5) is 8.78 Å². The molecule has 3 rings (SSSR count). The normalized spacial score (nSPS) is 15.5. The predicted molar refractivity (Wildman–Crippen MR) is 84.6 cm³/mol. The van der Waals surface area contributed by atoms with E-state index >= 15 is 4.39 Å². The lowest BCUT2D eigenvalue weighted by atomic mass is 9.91. The predicted octanol–water partition coefficient (Wildman–Crippen LogP) is 2.01. The van der Waals surface area contributed by atoms with E-state index in [1.807, 2.05) is 0 Å². The second-order valence-electron chi connectivity index (χ2n) is 5.62. The van der Waals surface area contributed by atoms with Gasteiger partial charge in [-0.3, -0.25) is 0 Å². The second-order valence-corrected chi connectivity index (χ2v) is 5.62. The molecule has 3 aromatic rings. The van der Waals surface area contributed by atoms with Gasteiger partial charge in [-0.1, -0.05) is 6.07 Å². The number of nitrogens with zero attached hydrogens (tertiary/aromatic N) is 6. The number of rotatable bonds is 6. The van der Waals surface area contributed by atoms with Crippen LogP contribution in [-0.2, 0) is 23.4 Å². The van der Waals surface area contributed by atoms with E-state index in [1.54, 1.807) is 6.92 Å². The fraction of sp³-hybridized carbons (Fsp3) is 0.375. The molecule has 25 heavy (non-hydrogen) atoms. The van der Waals surface area contributed by atoms with Crippen LogP contribution in [0.25, 0.3) is 0 Å². The fourth-order valence-electron chi connectivity index (χ4n) is 2.63. The second kappa shape index (κ2) is 6.67. The topological polar surface area (TPSA) is 70.7 Å². The molecule has 2 aromatic heterocycles. The Morgan fingerprint density at radius 3 is 2.56 bits per heavy atom. The van der Waals surface area contributed by atoms with Crippen molar-refractivity contribution >= 4 is 0 Å². The molecule has 2 heterocycles. The largest absolute Gasteiger partial charge is 0.370 e. The average Bonchev–Trinajstić information content (AvgIpc) is 3.11. The molecule has 0 bridgehead atoms. The van der Waals surface area contributed by atoms with Gasteiger partial charge in [-0.2, -0.15) is 10.2 Å². The molecule has 0 saturated heterocycles. The molecule has 7 nitrogen and oxygen atoms in total. The van der Waals surface area contributed by atoms with Gasteiger partial charge in [0, 0.05) is 18.2 Å². The number of hydrogen-bond donors (Lipinski definition) is 0. The molecule has 0 radical (unpaired) electrons. The van der Waals surface area contributed by atoms with Gasteiger partial charge >= 0.3 is 0 Å². The minimum absolute atomic E-state index is 0.00267. The minimum atomic E-state index is -1.52. The van der Waals surface area contributed by atoms with Crippen LogP contribution in [0.2, 0.25) is 0 Å². The van der Waals surface area contributed by atoms with E-state index in [0.717, 1.165) is 10.7 Å². The zero-order valence-electron chi connectivity index (χ0n) is 16.9. The molecule has 1 unspecified atom stereocenters. The highest BCUT2D eigenvalue weighted by atomic mass is 19.1. The summed E-state index contributed by atoms with van der Waals surface area (Å²) < 4.78 is 60.1. The first kappa shape index (κ1) is 13.6. The fourth-order valence-corrected chi connectivity index (χ4v) is 2.63. The van der Waals surface area contributed by atoms with E-state index in [0.29, 0.717) is 5.82 Å². The Bertz CT molecular complexity index is 974. The Hall–Kier alpha value is -2.68. The molecule has 1 atom stereocenters. The van der Waals surface area contributed by atoms with Gasteiger partial charge in [0.05, 0.1) is 13.1 Å². The van der Waals surface area contributed by atoms with Crippen molar-refractivity contribution in [2.24, 2.45) is 0 Å². The highest BCUT2D eigenvalue weighted by Crippen LogP contribution is 2.33. The summed E-state index contributed by atoms with van der Waals surface area (Å²) in [5.41, 5.74) is -1.71. The average molecular weight is 351 g/mol. The number of methoxy groups -OCH3 is 1. The highest BCUT2D eigenvalue weighted by Gasteiger charge is 2.38. The molecule has 0 aliphatic carbocycles. The maximum absolute atomic E-state index is 15.0. The monoisotopic (exact) mass is 351 g/mol. The zero-order chi connectivity index (χ0) is 20.6. The number of hydrogen-bond acceptors (Lipinski definition) is 5. The minimum Gasteiger partial charge on any atom is -0.370 e. The molecule has 1 aromatic carbocycles. The lowest BCUT2D eigenvalue weighted by Crippen LogP contribution is -2.40. The van der Waals surface area contributed by atoms with Crippen molar-refractivity contribution in [2.45, 2.75) is 32.5 Å². The van der Waals surface area contributed by atoms with E-state index in [4.69, 9.17) is 8.85 Å². The Morgan fingerprint density at radius 1 is 1.20 bits per heavy atom. The quantitative estimate of drug-likeness (QED) is 0.679. The summed E-state index contributed by atoms with van der Waals surface area (Å²) in [6.07, 6.45) is -0.848. The first-order valence-corrected chi connectivity index (χ1v) is 7.43. The lowest BCUT2D eigenvalue weighted by molar-refractivity contribution is -0.0512. The Balaban J connectivity index is 2.18. The summed E-state index contributed by atoms with van der Waals surface area (Å²) in [5.74, 6) is -1.18. The third-order valence-electron chi connectivity index (χ3n) is 3.99. The SMILES string of the molecule is [2H]c1nc([2H])n(CC(Cn2nc(C)nc2[2H])(OC)c2ccc(F)c(C)c2F)n1. The van der Waals surface area contributed by atoms with Gasteiger partial charge in [0.1, 0.15) is 46.1 Å². The Morgan fingerprint density at radius 2 is 1.96 bits per heavy atom. The van der Waals surface area contributed by atoms with E-state index < -0.39 is 17.2 Å². The van der Waals surface area contributed by atoms with Crippen LogP contribution >= 0.6 is 0 Å². The molecule has 0 aliphatic rings. The summed E-state index contributed by atoms with van der Waals surface area (Å²) in [7, 11) is 1.33. The van der Waals surface area contributed by atoms with Crippen molar-refractivity contribution in [1.82, 2.24) is 29.5 Å². The number of ether oxygens (including phenoxy) is 1. The van der Waals surface area contributed by atoms with Crippen molar-refractivity contribution in [1.29, 1.82) is 0 Å². The van der Waals surface area contributed by atoms with Gasteiger partial charge < -0.3 is 4.74 Å². The molecule has 0 fully saturated rings. The van der Waals surface area contributed by atoms with Crippen LogP contribution in [0.15, 0.2) is 31.0 Å². The smallest absolute Gasteiger partial charge is 0.147 e. The maximum Gasteiger partial charge on any atom is 0.147 e. The van der Waals surface area contributed by atoms with E-state index in [-0.39, 0.29) is 43.1 Å². The van der Waals surface area contributed by atoms with Crippen LogP contribution in [0.1, 0.15) is 21.1 Å². The van der Waals surface area contributed by atoms with Crippen LogP contribution in [-0.4, -0.2) is 36.6 Å². The van der Waals surface area contributed by atoms with Crippen LogP contribution in [0.3, 0.4) is 0 Å². The standard InChI is InChI=1S/C16H18F2N6O/c1-11-14(17)5-4-13(15(11)18)16(25-3,6-23-9-19-8-21-23)7-24-10-20-12(2)22-24/h4-5,8-10H,6-7H2,1-3H3/i8D,9D,10D. The zero-order valence-corrected chi connectivity index (χ0v) is 13.9. The van der Waals surface area contributed by atoms with Crippen LogP contribution in [0.5, 0.6) is 0 Å². The van der Waals surface area contributed by atoms with E-state index in [2.05, 4.69) is 20.2 Å². The number of halogens is 2. The van der Waals surface area contributed by atoms with Gasteiger partial charge in [-0.05, 0) is 19.9 Å². The Labute approximate surface area is 147 Å². The van der Waals surface area contributed by atoms with Gasteiger partial charge in [0.15, 0.2) is 0 Å². The molecule has 0 aliphatic heterocycles.